The number of sulfonamides is 1. The van der Waals surface area contributed by atoms with Crippen LogP contribution in [0.4, 0.5) is 0 Å². The minimum atomic E-state index is -3.60. The van der Waals surface area contributed by atoms with Crippen molar-refractivity contribution in [2.75, 3.05) is 6.54 Å². The van der Waals surface area contributed by atoms with E-state index in [1.165, 1.54) is 10.00 Å². The van der Waals surface area contributed by atoms with Crippen molar-refractivity contribution in [1.82, 2.24) is 8.87 Å². The molecule has 4 rings (SSSR count). The molecule has 0 aliphatic carbocycles. The van der Waals surface area contributed by atoms with Gasteiger partial charge in [0.25, 0.3) is 0 Å². The number of fused-ring (bicyclic) bond motifs is 3. The molecule has 0 atom stereocenters. The number of nitrogens with zero attached hydrogens (tertiary/aromatic N) is 2. The average molecular weight is 361 g/mol. The highest BCUT2D eigenvalue weighted by Crippen LogP contribution is 2.33. The first-order chi connectivity index (χ1) is 11.5. The van der Waals surface area contributed by atoms with Crippen LogP contribution in [-0.2, 0) is 30.0 Å². The molecule has 0 unspecified atom stereocenters. The van der Waals surface area contributed by atoms with Gasteiger partial charge in [-0.15, -0.1) is 0 Å². The first kappa shape index (κ1) is 15.7. The molecule has 3 aromatic rings. The maximum Gasteiger partial charge on any atom is 0.244 e. The molecule has 0 spiro atoms. The molecule has 2 heterocycles. The second kappa shape index (κ2) is 5.62. The smallest absolute Gasteiger partial charge is 0.244 e. The molecule has 2 aromatic carbocycles. The third-order valence-electron chi connectivity index (χ3n) is 4.73. The standard InChI is InChI=1S/C18H17ClN2O2S/c1-20-16-8-4-2-6-13(16)14-12-21(11-10-17(14)20)24(22,23)18-9-5-3-7-15(18)19/h2-9H,10-12H2,1H3. The van der Waals surface area contributed by atoms with Crippen LogP contribution >= 0.6 is 11.6 Å². The highest BCUT2D eigenvalue weighted by molar-refractivity contribution is 7.89. The Bertz CT molecular complexity index is 1040. The van der Waals surface area contributed by atoms with E-state index < -0.39 is 10.0 Å². The Morgan fingerprint density at radius 1 is 1.04 bits per heavy atom. The Hall–Kier alpha value is -1.82. The zero-order valence-corrected chi connectivity index (χ0v) is 14.8. The molecule has 0 N–H and O–H groups in total. The second-order valence-corrected chi connectivity index (χ2v) is 8.33. The quantitative estimate of drug-likeness (QED) is 0.701. The van der Waals surface area contributed by atoms with E-state index in [2.05, 4.69) is 16.7 Å². The Morgan fingerprint density at radius 2 is 1.75 bits per heavy atom. The lowest BCUT2D eigenvalue weighted by Gasteiger charge is -2.27. The minimum absolute atomic E-state index is 0.176. The maximum absolute atomic E-state index is 13.0. The zero-order chi connectivity index (χ0) is 16.9. The summed E-state index contributed by atoms with van der Waals surface area (Å²) < 4.78 is 29.7. The van der Waals surface area contributed by atoms with Crippen molar-refractivity contribution in [3.05, 3.63) is 64.8 Å². The number of para-hydroxylation sites is 1. The molecule has 124 valence electrons. The summed E-state index contributed by atoms with van der Waals surface area (Å²) >= 11 is 6.12. The van der Waals surface area contributed by atoms with Crippen LogP contribution in [0.3, 0.4) is 0 Å². The summed E-state index contributed by atoms with van der Waals surface area (Å²) in [6.07, 6.45) is 0.699. The molecule has 0 bridgehead atoms. The van der Waals surface area contributed by atoms with Crippen molar-refractivity contribution in [1.29, 1.82) is 0 Å². The van der Waals surface area contributed by atoms with Crippen LogP contribution in [0, 0.1) is 0 Å². The van der Waals surface area contributed by atoms with E-state index in [0.717, 1.165) is 16.5 Å². The molecule has 0 fully saturated rings. The Kier molecular flexibility index (Phi) is 3.67. The molecule has 0 radical (unpaired) electrons. The predicted octanol–water partition coefficient (Wildman–Crippen LogP) is 3.58. The number of hydrogen-bond donors (Lipinski definition) is 0. The Morgan fingerprint density at radius 3 is 2.54 bits per heavy atom. The Labute approximate surface area is 146 Å². The van der Waals surface area contributed by atoms with E-state index >= 15 is 0 Å². The summed E-state index contributed by atoms with van der Waals surface area (Å²) in [4.78, 5) is 0.176. The minimum Gasteiger partial charge on any atom is -0.347 e. The van der Waals surface area contributed by atoms with Gasteiger partial charge in [0, 0.05) is 43.2 Å². The molecule has 24 heavy (non-hydrogen) atoms. The number of rotatable bonds is 2. The lowest BCUT2D eigenvalue weighted by atomic mass is 10.1. The van der Waals surface area contributed by atoms with Crippen LogP contribution in [0.1, 0.15) is 11.3 Å². The lowest BCUT2D eigenvalue weighted by molar-refractivity contribution is 0.388. The first-order valence-corrected chi connectivity index (χ1v) is 9.62. The third kappa shape index (κ3) is 2.27. The monoisotopic (exact) mass is 360 g/mol. The summed E-state index contributed by atoms with van der Waals surface area (Å²) in [6, 6.07) is 14.7. The van der Waals surface area contributed by atoms with Gasteiger partial charge in [-0.25, -0.2) is 8.42 Å². The third-order valence-corrected chi connectivity index (χ3v) is 7.08. The fourth-order valence-electron chi connectivity index (χ4n) is 3.50. The lowest BCUT2D eigenvalue weighted by Crippen LogP contribution is -2.36. The number of aromatic nitrogens is 1. The van der Waals surface area contributed by atoms with E-state index in [9.17, 15) is 8.42 Å². The second-order valence-electron chi connectivity index (χ2n) is 6.02. The fourth-order valence-corrected chi connectivity index (χ4v) is 5.41. The number of hydrogen-bond acceptors (Lipinski definition) is 2. The molecule has 1 aliphatic heterocycles. The van der Waals surface area contributed by atoms with Gasteiger partial charge in [0.2, 0.25) is 10.0 Å². The van der Waals surface area contributed by atoms with Crippen LogP contribution in [0.2, 0.25) is 5.02 Å². The van der Waals surface area contributed by atoms with Crippen molar-refractivity contribution in [3.63, 3.8) is 0 Å². The SMILES string of the molecule is Cn1c2c(c3ccccc31)CN(S(=O)(=O)c1ccccc1Cl)CC2. The van der Waals surface area contributed by atoms with Gasteiger partial charge < -0.3 is 4.57 Å². The van der Waals surface area contributed by atoms with Crippen molar-refractivity contribution in [2.45, 2.75) is 17.9 Å². The summed E-state index contributed by atoms with van der Waals surface area (Å²) in [7, 11) is -1.56. The van der Waals surface area contributed by atoms with E-state index in [1.807, 2.05) is 19.2 Å². The highest BCUT2D eigenvalue weighted by Gasteiger charge is 2.32. The normalized spacial score (nSPS) is 15.6. The van der Waals surface area contributed by atoms with Gasteiger partial charge >= 0.3 is 0 Å². The van der Waals surface area contributed by atoms with Crippen molar-refractivity contribution in [3.8, 4) is 0 Å². The van der Waals surface area contributed by atoms with Gasteiger partial charge in [-0.05, 0) is 23.8 Å². The Balaban J connectivity index is 1.80. The van der Waals surface area contributed by atoms with Crippen molar-refractivity contribution < 1.29 is 8.42 Å². The summed E-state index contributed by atoms with van der Waals surface area (Å²) in [5.74, 6) is 0. The van der Waals surface area contributed by atoms with Crippen LogP contribution in [0.5, 0.6) is 0 Å². The molecule has 4 nitrogen and oxygen atoms in total. The van der Waals surface area contributed by atoms with Crippen LogP contribution < -0.4 is 0 Å². The largest absolute Gasteiger partial charge is 0.347 e. The molecule has 1 aromatic heterocycles. The average Bonchev–Trinajstić information content (AvgIpc) is 2.88. The highest BCUT2D eigenvalue weighted by atomic mass is 35.5. The van der Waals surface area contributed by atoms with Crippen molar-refractivity contribution >= 4 is 32.5 Å². The zero-order valence-electron chi connectivity index (χ0n) is 13.2. The predicted molar refractivity (Wildman–Crippen MR) is 95.7 cm³/mol. The summed E-state index contributed by atoms with van der Waals surface area (Å²) in [5, 5.41) is 1.38. The molecular weight excluding hydrogens is 344 g/mol. The van der Waals surface area contributed by atoms with E-state index in [1.54, 1.807) is 24.3 Å². The van der Waals surface area contributed by atoms with E-state index in [0.29, 0.717) is 19.5 Å². The number of halogens is 1. The fraction of sp³-hybridized carbons (Fsp3) is 0.222. The van der Waals surface area contributed by atoms with Gasteiger partial charge in [0.1, 0.15) is 4.90 Å². The molecule has 0 amide bonds. The molecular formula is C18H17ClN2O2S. The maximum atomic E-state index is 13.0. The van der Waals surface area contributed by atoms with Gasteiger partial charge in [0.05, 0.1) is 5.02 Å². The molecule has 0 saturated carbocycles. The molecule has 1 aliphatic rings. The van der Waals surface area contributed by atoms with E-state index in [-0.39, 0.29) is 9.92 Å². The van der Waals surface area contributed by atoms with Gasteiger partial charge in [0.15, 0.2) is 0 Å². The summed E-state index contributed by atoms with van der Waals surface area (Å²) in [6.45, 7) is 0.842. The molecule has 6 heteroatoms. The van der Waals surface area contributed by atoms with Crippen LogP contribution in [0.25, 0.3) is 10.9 Å². The molecule has 0 saturated heterocycles. The number of aryl methyl sites for hydroxylation is 1. The van der Waals surface area contributed by atoms with Crippen LogP contribution in [0.15, 0.2) is 53.4 Å². The van der Waals surface area contributed by atoms with Gasteiger partial charge in [-0.2, -0.15) is 4.31 Å². The van der Waals surface area contributed by atoms with Gasteiger partial charge in [-0.3, -0.25) is 0 Å². The van der Waals surface area contributed by atoms with Crippen LogP contribution in [-0.4, -0.2) is 23.8 Å². The van der Waals surface area contributed by atoms with Crippen molar-refractivity contribution in [2.24, 2.45) is 7.05 Å². The van der Waals surface area contributed by atoms with E-state index in [4.69, 9.17) is 11.6 Å². The first-order valence-electron chi connectivity index (χ1n) is 7.80. The number of benzene rings is 2. The van der Waals surface area contributed by atoms with Gasteiger partial charge in [-0.1, -0.05) is 41.9 Å². The summed E-state index contributed by atoms with van der Waals surface area (Å²) in [5.41, 5.74) is 3.44. The topological polar surface area (TPSA) is 42.3 Å².